The lowest BCUT2D eigenvalue weighted by Crippen LogP contribution is -2.41. The van der Waals surface area contributed by atoms with Gasteiger partial charge in [0.25, 0.3) is 5.56 Å². The van der Waals surface area contributed by atoms with Gasteiger partial charge in [0.2, 0.25) is 5.60 Å². The molecule has 0 saturated heterocycles. The van der Waals surface area contributed by atoms with Crippen molar-refractivity contribution in [1.29, 1.82) is 0 Å². The molecule has 0 spiro atoms. The van der Waals surface area contributed by atoms with E-state index in [2.05, 4.69) is 0 Å². The molecule has 0 N–H and O–H groups in total. The Morgan fingerprint density at radius 2 is 1.48 bits per heavy atom. The minimum absolute atomic E-state index is 0.00000196. The first-order chi connectivity index (χ1) is 20.1. The van der Waals surface area contributed by atoms with Crippen molar-refractivity contribution in [2.75, 3.05) is 6.61 Å². The lowest BCUT2D eigenvalue weighted by atomic mass is 10.1. The number of benzene rings is 3. The van der Waals surface area contributed by atoms with Gasteiger partial charge in [0.1, 0.15) is 16.0 Å². The van der Waals surface area contributed by atoms with Gasteiger partial charge in [-0.3, -0.25) is 13.9 Å². The minimum atomic E-state index is -1.51. The summed E-state index contributed by atoms with van der Waals surface area (Å²) >= 11 is 12.8. The Labute approximate surface area is 255 Å². The highest BCUT2D eigenvalue weighted by molar-refractivity contribution is 7.71. The average molecular weight is 621 g/mol. The number of carbonyl (C=O) groups excluding carboxylic acids is 2. The summed E-state index contributed by atoms with van der Waals surface area (Å²) in [6, 6.07) is 24.5. The van der Waals surface area contributed by atoms with E-state index in [9.17, 15) is 14.4 Å². The molecule has 0 aliphatic rings. The molecule has 0 saturated carbocycles. The minimum Gasteiger partial charge on any atom is -0.476 e. The molecule has 0 aliphatic heterocycles. The maximum absolute atomic E-state index is 14.2. The van der Waals surface area contributed by atoms with Gasteiger partial charge in [-0.25, -0.2) is 9.59 Å². The molecule has 0 unspecified atom stereocenters. The molecule has 0 aliphatic carbocycles. The van der Waals surface area contributed by atoms with Gasteiger partial charge in [0.15, 0.2) is 15.4 Å². The van der Waals surface area contributed by atoms with E-state index in [0.717, 1.165) is 11.3 Å². The van der Waals surface area contributed by atoms with Crippen molar-refractivity contribution in [1.82, 2.24) is 9.13 Å². The number of halogens is 1. The predicted molar refractivity (Wildman–Crippen MR) is 165 cm³/mol. The number of para-hydroxylation sites is 2. The number of hydrogen-bond donors (Lipinski definition) is 0. The first kappa shape index (κ1) is 29.2. The van der Waals surface area contributed by atoms with E-state index in [0.29, 0.717) is 27.0 Å². The highest BCUT2D eigenvalue weighted by Gasteiger charge is 2.36. The van der Waals surface area contributed by atoms with Crippen LogP contribution in [0.5, 0.6) is 11.5 Å². The van der Waals surface area contributed by atoms with Crippen LogP contribution < -0.4 is 15.0 Å². The molecule has 0 atom stereocenters. The molecule has 5 rings (SSSR count). The van der Waals surface area contributed by atoms with Gasteiger partial charge in [-0.1, -0.05) is 48.0 Å². The zero-order valence-corrected chi connectivity index (χ0v) is 25.2. The van der Waals surface area contributed by atoms with Gasteiger partial charge in [-0.05, 0) is 81.5 Å². The topological polar surface area (TPSA) is 88.8 Å². The van der Waals surface area contributed by atoms with Gasteiger partial charge in [0.05, 0.1) is 12.3 Å². The lowest BCUT2D eigenvalue weighted by molar-refractivity contribution is -0.149. The Bertz CT molecular complexity index is 1900. The Kier molecular flexibility index (Phi) is 8.31. The van der Waals surface area contributed by atoms with E-state index in [4.69, 9.17) is 38.0 Å². The zero-order valence-electron chi connectivity index (χ0n) is 22.8. The van der Waals surface area contributed by atoms with E-state index < -0.39 is 23.1 Å². The summed E-state index contributed by atoms with van der Waals surface area (Å²) < 4.78 is 20.3. The van der Waals surface area contributed by atoms with Crippen molar-refractivity contribution in [2.45, 2.75) is 26.4 Å². The fourth-order valence-corrected chi connectivity index (χ4v) is 5.93. The highest BCUT2D eigenvalue weighted by Crippen LogP contribution is 2.39. The Morgan fingerprint density at radius 1 is 0.905 bits per heavy atom. The molecular weight excluding hydrogens is 596 g/mol. The number of rotatable bonds is 8. The number of carbonyl (C=O) groups is 2. The molecule has 42 heavy (non-hydrogen) atoms. The largest absolute Gasteiger partial charge is 0.476 e. The van der Waals surface area contributed by atoms with Crippen molar-refractivity contribution >= 4 is 57.3 Å². The highest BCUT2D eigenvalue weighted by atomic mass is 35.5. The van der Waals surface area contributed by atoms with E-state index in [-0.39, 0.29) is 27.4 Å². The van der Waals surface area contributed by atoms with E-state index in [1.54, 1.807) is 60.0 Å². The van der Waals surface area contributed by atoms with Crippen molar-refractivity contribution in [2.24, 2.45) is 0 Å². The Hall–Kier alpha value is -4.25. The summed E-state index contributed by atoms with van der Waals surface area (Å²) in [5, 5.41) is 0.508. The van der Waals surface area contributed by atoms with Gasteiger partial charge >= 0.3 is 11.9 Å². The second kappa shape index (κ2) is 11.9. The van der Waals surface area contributed by atoms with Crippen LogP contribution in [0.3, 0.4) is 0 Å². The van der Waals surface area contributed by atoms with Crippen molar-refractivity contribution in [3.8, 4) is 22.9 Å². The molecule has 8 nitrogen and oxygen atoms in total. The van der Waals surface area contributed by atoms with E-state index in [1.807, 2.05) is 36.4 Å². The molecule has 5 aromatic rings. The van der Waals surface area contributed by atoms with Crippen molar-refractivity contribution in [3.05, 3.63) is 110 Å². The van der Waals surface area contributed by atoms with Crippen molar-refractivity contribution < 1.29 is 23.8 Å². The first-order valence-electron chi connectivity index (χ1n) is 12.9. The number of ether oxygens (including phenoxy) is 3. The quantitative estimate of drug-likeness (QED) is 0.134. The number of esters is 2. The third kappa shape index (κ3) is 5.61. The average Bonchev–Trinajstić information content (AvgIpc) is 3.34. The molecule has 214 valence electrons. The lowest BCUT2D eigenvalue weighted by Gasteiger charge is -2.24. The fourth-order valence-electron chi connectivity index (χ4n) is 4.23. The first-order valence-corrected chi connectivity index (χ1v) is 14.5. The van der Waals surface area contributed by atoms with Crippen LogP contribution >= 0.6 is 35.2 Å². The van der Waals surface area contributed by atoms with Gasteiger partial charge in [0, 0.05) is 10.7 Å². The molecule has 11 heteroatoms. The molecular formula is C31H25ClN2O6S2. The smallest absolute Gasteiger partial charge is 0.355 e. The van der Waals surface area contributed by atoms with Gasteiger partial charge < -0.3 is 14.2 Å². The number of hydrogen-bond acceptors (Lipinski definition) is 8. The third-order valence-electron chi connectivity index (χ3n) is 6.21. The fraction of sp³-hybridized carbons (Fsp3) is 0.161. The van der Waals surface area contributed by atoms with Crippen LogP contribution in [0.2, 0.25) is 5.02 Å². The predicted octanol–water partition coefficient (Wildman–Crippen LogP) is 7.17. The van der Waals surface area contributed by atoms with Crippen LogP contribution in [-0.4, -0.2) is 33.3 Å². The van der Waals surface area contributed by atoms with E-state index >= 15 is 0 Å². The van der Waals surface area contributed by atoms with Crippen LogP contribution in [0.15, 0.2) is 89.7 Å². The molecule has 2 heterocycles. The van der Waals surface area contributed by atoms with Crippen LogP contribution in [0.1, 0.15) is 30.4 Å². The summed E-state index contributed by atoms with van der Waals surface area (Å²) in [7, 11) is 0. The molecule has 2 aromatic heterocycles. The van der Waals surface area contributed by atoms with Crippen LogP contribution in [-0.2, 0) is 9.53 Å². The zero-order chi connectivity index (χ0) is 30.0. The van der Waals surface area contributed by atoms with Crippen LogP contribution in [0.25, 0.3) is 21.6 Å². The number of aromatic nitrogens is 2. The molecule has 0 bridgehead atoms. The van der Waals surface area contributed by atoms with E-state index in [1.165, 1.54) is 18.4 Å². The summed E-state index contributed by atoms with van der Waals surface area (Å²) in [6.07, 6.45) is 0. The number of nitrogens with zero attached hydrogens (tertiary/aromatic N) is 2. The van der Waals surface area contributed by atoms with Gasteiger partial charge in [-0.2, -0.15) is 0 Å². The maximum Gasteiger partial charge on any atom is 0.355 e. The molecule has 0 fully saturated rings. The second-order valence-corrected chi connectivity index (χ2v) is 11.3. The van der Waals surface area contributed by atoms with Crippen LogP contribution in [0, 0.1) is 4.77 Å². The number of fused-ring (bicyclic) bond motifs is 1. The molecule has 0 amide bonds. The van der Waals surface area contributed by atoms with Crippen LogP contribution in [0.4, 0.5) is 0 Å². The molecule has 0 radical (unpaired) electrons. The third-order valence-corrected chi connectivity index (χ3v) is 7.96. The van der Waals surface area contributed by atoms with Gasteiger partial charge in [-0.15, -0.1) is 11.3 Å². The standard InChI is InChI=1S/C31H25ClN2O6S2/c1-4-38-28(36)25-24(39-29(37)31(2,3)40-22-17-15-19(32)16-18-22)23-26(35)33(20-11-7-5-8-12-20)30(41)34(27(23)42-25)21-13-9-6-10-14-21/h5-18H,4H2,1-3H3. The SMILES string of the molecule is CCOC(=O)c1sc2c(c1OC(=O)C(C)(C)Oc1ccc(Cl)cc1)c(=O)n(-c1ccccc1)c(=S)n2-c1ccccc1. The Morgan fingerprint density at radius 3 is 2.05 bits per heavy atom. The maximum atomic E-state index is 14.2. The normalized spacial score (nSPS) is 11.3. The second-order valence-electron chi connectivity index (χ2n) is 9.55. The Balaban J connectivity index is 1.76. The van der Waals surface area contributed by atoms with Crippen molar-refractivity contribution in [3.63, 3.8) is 0 Å². The summed E-state index contributed by atoms with van der Waals surface area (Å²) in [6.45, 7) is 4.78. The summed E-state index contributed by atoms with van der Waals surface area (Å²) in [4.78, 5) is 41.3. The monoisotopic (exact) mass is 620 g/mol. The number of thiophene rings is 1. The summed E-state index contributed by atoms with van der Waals surface area (Å²) in [5.41, 5.74) is -0.913. The summed E-state index contributed by atoms with van der Waals surface area (Å²) in [5.74, 6) is -1.41. The molecule has 3 aromatic carbocycles.